The minimum Gasteiger partial charge on any atom is -0.508 e. The zero-order valence-electron chi connectivity index (χ0n) is 13.7. The van der Waals surface area contributed by atoms with Crippen molar-refractivity contribution in [2.24, 2.45) is 5.73 Å². The fourth-order valence-corrected chi connectivity index (χ4v) is 4.59. The molecule has 4 rings (SSSR count). The molecule has 0 atom stereocenters. The number of amides is 1. The molecule has 1 aliphatic carbocycles. The molecule has 0 fully saturated rings. The van der Waals surface area contributed by atoms with E-state index in [0.717, 1.165) is 52.7 Å². The van der Waals surface area contributed by atoms with E-state index in [4.69, 9.17) is 16.5 Å². The number of anilines is 1. The summed E-state index contributed by atoms with van der Waals surface area (Å²) in [6.45, 7) is 0. The Morgan fingerprint density at radius 2 is 1.84 bits per heavy atom. The monoisotopic (exact) mass is 353 g/mol. The number of nitrogens with zero attached hydrogens (tertiary/aromatic N) is 1. The van der Waals surface area contributed by atoms with Gasteiger partial charge in [0.25, 0.3) is 5.91 Å². The van der Waals surface area contributed by atoms with E-state index < -0.39 is 5.91 Å². The van der Waals surface area contributed by atoms with Crippen LogP contribution in [0.1, 0.15) is 40.2 Å². The molecule has 0 unspecified atom stereocenters. The lowest BCUT2D eigenvalue weighted by atomic mass is 9.93. The van der Waals surface area contributed by atoms with Crippen molar-refractivity contribution >= 4 is 33.1 Å². The molecule has 0 saturated heterocycles. The number of aromatic hydroxyl groups is 1. The third kappa shape index (κ3) is 2.62. The zero-order valence-corrected chi connectivity index (χ0v) is 14.5. The van der Waals surface area contributed by atoms with Crippen molar-refractivity contribution in [3.05, 3.63) is 40.4 Å². The van der Waals surface area contributed by atoms with E-state index in [1.54, 1.807) is 12.1 Å². The minimum atomic E-state index is -0.521. The van der Waals surface area contributed by atoms with Gasteiger partial charge in [-0.15, -0.1) is 11.3 Å². The maximum Gasteiger partial charge on any atom is 0.260 e. The summed E-state index contributed by atoms with van der Waals surface area (Å²) in [6, 6.07) is 7.11. The Labute approximate surface area is 149 Å². The maximum atomic E-state index is 11.8. The van der Waals surface area contributed by atoms with Gasteiger partial charge in [0.1, 0.15) is 15.5 Å². The van der Waals surface area contributed by atoms with Crippen molar-refractivity contribution in [1.82, 2.24) is 4.98 Å². The fourth-order valence-electron chi connectivity index (χ4n) is 3.61. The van der Waals surface area contributed by atoms with Gasteiger partial charge in [-0.1, -0.05) is 18.6 Å². The Balaban J connectivity index is 2.10. The Bertz CT molecular complexity index is 977. The van der Waals surface area contributed by atoms with Crippen LogP contribution in [0.4, 0.5) is 5.69 Å². The molecule has 2 heterocycles. The summed E-state index contributed by atoms with van der Waals surface area (Å²) >= 11 is 1.26. The van der Waals surface area contributed by atoms with E-state index >= 15 is 0 Å². The number of aryl methyl sites for hydroxylation is 1. The number of thiophene rings is 1. The lowest BCUT2D eigenvalue weighted by Gasteiger charge is -2.14. The first-order chi connectivity index (χ1) is 12.1. The Hall–Kier alpha value is -2.60. The third-order valence-electron chi connectivity index (χ3n) is 4.78. The first-order valence-electron chi connectivity index (χ1n) is 8.39. The highest BCUT2D eigenvalue weighted by Gasteiger charge is 2.24. The number of aromatic nitrogens is 1. The second kappa shape index (κ2) is 6.04. The smallest absolute Gasteiger partial charge is 0.260 e. The first-order valence-corrected chi connectivity index (χ1v) is 9.21. The minimum absolute atomic E-state index is 0.219. The highest BCUT2D eigenvalue weighted by Crippen LogP contribution is 2.43. The molecule has 1 aromatic carbocycles. The second-order valence-corrected chi connectivity index (χ2v) is 7.41. The van der Waals surface area contributed by atoms with Crippen molar-refractivity contribution in [3.63, 3.8) is 0 Å². The zero-order chi connectivity index (χ0) is 17.6. The predicted octanol–water partition coefficient (Wildman–Crippen LogP) is 3.62. The lowest BCUT2D eigenvalue weighted by Crippen LogP contribution is -2.10. The van der Waals surface area contributed by atoms with Gasteiger partial charge in [0.05, 0.1) is 5.69 Å². The number of fused-ring (bicyclic) bond motifs is 2. The summed E-state index contributed by atoms with van der Waals surface area (Å²) in [4.78, 5) is 17.7. The van der Waals surface area contributed by atoms with Crippen LogP contribution in [-0.4, -0.2) is 16.0 Å². The van der Waals surface area contributed by atoms with E-state index in [1.165, 1.54) is 23.3 Å². The van der Waals surface area contributed by atoms with Crippen LogP contribution < -0.4 is 11.5 Å². The number of benzene rings is 1. The number of pyridine rings is 1. The van der Waals surface area contributed by atoms with Crippen LogP contribution in [0.15, 0.2) is 24.3 Å². The number of carbonyl (C=O) groups is 1. The summed E-state index contributed by atoms with van der Waals surface area (Å²) in [5, 5.41) is 10.4. The molecule has 25 heavy (non-hydrogen) atoms. The van der Waals surface area contributed by atoms with E-state index in [0.29, 0.717) is 10.6 Å². The normalized spacial score (nSPS) is 14.2. The lowest BCUT2D eigenvalue weighted by molar-refractivity contribution is 0.100. The van der Waals surface area contributed by atoms with Gasteiger partial charge in [0.15, 0.2) is 0 Å². The van der Waals surface area contributed by atoms with Crippen LogP contribution in [0.3, 0.4) is 0 Å². The molecule has 0 aliphatic heterocycles. The molecular formula is C19H19N3O2S. The highest BCUT2D eigenvalue weighted by atomic mass is 32.1. The largest absolute Gasteiger partial charge is 0.508 e. The van der Waals surface area contributed by atoms with E-state index in [1.807, 2.05) is 12.1 Å². The van der Waals surface area contributed by atoms with Crippen LogP contribution in [0.25, 0.3) is 21.3 Å². The van der Waals surface area contributed by atoms with Gasteiger partial charge >= 0.3 is 0 Å². The number of carbonyl (C=O) groups excluding carboxylic acids is 1. The Morgan fingerprint density at radius 3 is 2.56 bits per heavy atom. The van der Waals surface area contributed by atoms with Gasteiger partial charge in [-0.3, -0.25) is 4.79 Å². The van der Waals surface area contributed by atoms with Crippen molar-refractivity contribution in [3.8, 4) is 16.9 Å². The molecule has 0 radical (unpaired) electrons. The summed E-state index contributed by atoms with van der Waals surface area (Å²) in [5.41, 5.74) is 16.5. The molecule has 2 aromatic heterocycles. The average molecular weight is 353 g/mol. The number of hydrogen-bond donors (Lipinski definition) is 3. The summed E-state index contributed by atoms with van der Waals surface area (Å²) in [7, 11) is 0. The van der Waals surface area contributed by atoms with Crippen LogP contribution in [0, 0.1) is 0 Å². The van der Waals surface area contributed by atoms with Crippen molar-refractivity contribution in [2.75, 3.05) is 5.73 Å². The highest BCUT2D eigenvalue weighted by molar-refractivity contribution is 7.21. The van der Waals surface area contributed by atoms with Crippen LogP contribution >= 0.6 is 11.3 Å². The third-order valence-corrected chi connectivity index (χ3v) is 5.90. The molecule has 1 amide bonds. The molecule has 0 spiro atoms. The van der Waals surface area contributed by atoms with E-state index in [9.17, 15) is 9.90 Å². The fraction of sp³-hybridized carbons (Fsp3) is 0.263. The SMILES string of the molecule is NC(=O)c1sc2nc3c(c(-c4ccc(O)cc4)c2c1N)CCCCC3. The number of phenolic OH excluding ortho intramolecular Hbond substituents is 1. The molecule has 5 N–H and O–H groups in total. The molecule has 6 heteroatoms. The average Bonchev–Trinajstić information content (AvgIpc) is 2.77. The molecule has 128 valence electrons. The summed E-state index contributed by atoms with van der Waals surface area (Å²) < 4.78 is 0. The van der Waals surface area contributed by atoms with Gasteiger partial charge in [0, 0.05) is 11.1 Å². The van der Waals surface area contributed by atoms with Gasteiger partial charge < -0.3 is 16.6 Å². The number of rotatable bonds is 2. The predicted molar refractivity (Wildman–Crippen MR) is 101 cm³/mol. The molecule has 0 bridgehead atoms. The maximum absolute atomic E-state index is 11.8. The number of hydrogen-bond acceptors (Lipinski definition) is 5. The van der Waals surface area contributed by atoms with Crippen molar-refractivity contribution < 1.29 is 9.90 Å². The molecule has 5 nitrogen and oxygen atoms in total. The molecule has 0 saturated carbocycles. The number of phenols is 1. The van der Waals surface area contributed by atoms with E-state index in [2.05, 4.69) is 0 Å². The summed E-state index contributed by atoms with van der Waals surface area (Å²) in [5.74, 6) is -0.302. The first kappa shape index (κ1) is 15.9. The van der Waals surface area contributed by atoms with Gasteiger partial charge in [-0.2, -0.15) is 0 Å². The second-order valence-electron chi connectivity index (χ2n) is 6.41. The standard InChI is InChI=1S/C19H19N3O2S/c20-16-15-14(10-6-8-11(23)9-7-10)12-4-2-1-3-5-13(12)22-19(15)25-17(16)18(21)24/h6-9,23H,1-5,20H2,(H2,21,24). The van der Waals surface area contributed by atoms with Crippen LogP contribution in [-0.2, 0) is 12.8 Å². The molecule has 3 aromatic rings. The van der Waals surface area contributed by atoms with Crippen molar-refractivity contribution in [1.29, 1.82) is 0 Å². The summed E-state index contributed by atoms with van der Waals surface area (Å²) in [6.07, 6.45) is 5.28. The van der Waals surface area contributed by atoms with E-state index in [-0.39, 0.29) is 5.75 Å². The quantitative estimate of drug-likeness (QED) is 0.612. The molecular weight excluding hydrogens is 334 g/mol. The topological polar surface area (TPSA) is 102 Å². The number of primary amides is 1. The van der Waals surface area contributed by atoms with Gasteiger partial charge in [-0.05, 0) is 54.5 Å². The Morgan fingerprint density at radius 1 is 1.12 bits per heavy atom. The van der Waals surface area contributed by atoms with Crippen LogP contribution in [0.2, 0.25) is 0 Å². The van der Waals surface area contributed by atoms with Gasteiger partial charge in [0.2, 0.25) is 0 Å². The molecule has 1 aliphatic rings. The number of nitrogen functional groups attached to an aromatic ring is 1. The van der Waals surface area contributed by atoms with Crippen molar-refractivity contribution in [2.45, 2.75) is 32.1 Å². The van der Waals surface area contributed by atoms with Gasteiger partial charge in [-0.25, -0.2) is 4.98 Å². The Kier molecular flexibility index (Phi) is 3.84. The number of nitrogens with two attached hydrogens (primary N) is 2. The van der Waals surface area contributed by atoms with Crippen LogP contribution in [0.5, 0.6) is 5.75 Å².